The molecule has 0 aromatic carbocycles. The van der Waals surface area contributed by atoms with Crippen LogP contribution in [0.5, 0.6) is 0 Å². The van der Waals surface area contributed by atoms with E-state index in [1.807, 2.05) is 34.7 Å². The van der Waals surface area contributed by atoms with Crippen LogP contribution in [0.15, 0.2) is 0 Å². The number of hydrogen-bond acceptors (Lipinski definition) is 7. The third-order valence-electron chi connectivity index (χ3n) is 6.86. The minimum Gasteiger partial charge on any atom is -0.389 e. The fourth-order valence-electron chi connectivity index (χ4n) is 5.61. The molecule has 2 aliphatic rings. The van der Waals surface area contributed by atoms with Crippen molar-refractivity contribution in [3.63, 3.8) is 0 Å². The number of nitrogens with zero attached hydrogens (tertiary/aromatic N) is 3. The first-order valence-corrected chi connectivity index (χ1v) is 11.0. The lowest BCUT2D eigenvalue weighted by atomic mass is 9.78. The van der Waals surface area contributed by atoms with Crippen LogP contribution in [-0.2, 0) is 4.74 Å². The maximum Gasteiger partial charge on any atom is 0.0900 e. The Morgan fingerprint density at radius 3 is 1.62 bits per heavy atom. The molecule has 0 spiro atoms. The molecule has 1 atom stereocenters. The predicted octanol–water partition coefficient (Wildman–Crippen LogP) is 3.12. The van der Waals surface area contributed by atoms with E-state index in [1.165, 1.54) is 10.1 Å². The van der Waals surface area contributed by atoms with E-state index in [-0.39, 0.29) is 40.9 Å². The molecule has 2 heterocycles. The van der Waals surface area contributed by atoms with Crippen molar-refractivity contribution in [3.05, 3.63) is 0 Å². The Bertz CT molecular complexity index is 528. The molecule has 172 valence electrons. The molecule has 3 N–H and O–H groups in total. The van der Waals surface area contributed by atoms with Crippen LogP contribution < -0.4 is 0 Å². The van der Waals surface area contributed by atoms with Crippen molar-refractivity contribution in [3.8, 4) is 0 Å². The molecular formula is C22H45N3O4. The average Bonchev–Trinajstić information content (AvgIpc) is 2.54. The van der Waals surface area contributed by atoms with Crippen LogP contribution in [0.2, 0.25) is 0 Å². The Labute approximate surface area is 177 Å². The number of rotatable bonds is 6. The van der Waals surface area contributed by atoms with E-state index >= 15 is 0 Å². The number of hydroxylamine groups is 4. The average molecular weight is 416 g/mol. The van der Waals surface area contributed by atoms with Crippen molar-refractivity contribution in [2.75, 3.05) is 20.2 Å². The standard InChI is InChI=1S/C22H45N3O4/c1-19(2)10-16(11-20(3,4)24(19)27)23(9)14-17(26)15-29-18-12-21(5,6)25(28)22(7,8)13-18/h16-18,26-28H,10-15H2,1-9H3. The van der Waals surface area contributed by atoms with Crippen molar-refractivity contribution in [2.24, 2.45) is 0 Å². The molecule has 2 aliphatic heterocycles. The zero-order chi connectivity index (χ0) is 22.4. The molecule has 2 rings (SSSR count). The van der Waals surface area contributed by atoms with Gasteiger partial charge in [0, 0.05) is 34.7 Å². The summed E-state index contributed by atoms with van der Waals surface area (Å²) in [5.41, 5.74) is -1.33. The van der Waals surface area contributed by atoms with Crippen LogP contribution in [0.25, 0.3) is 0 Å². The summed E-state index contributed by atoms with van der Waals surface area (Å²) in [7, 11) is 2.05. The van der Waals surface area contributed by atoms with E-state index in [2.05, 4.69) is 32.6 Å². The van der Waals surface area contributed by atoms with Gasteiger partial charge in [-0.2, -0.15) is 10.1 Å². The molecule has 1 unspecified atom stereocenters. The lowest BCUT2D eigenvalue weighted by molar-refractivity contribution is -0.262. The first kappa shape index (κ1) is 25.0. The molecule has 0 bridgehead atoms. The molecule has 0 amide bonds. The summed E-state index contributed by atoms with van der Waals surface area (Å²) in [4.78, 5) is 2.20. The van der Waals surface area contributed by atoms with Gasteiger partial charge in [0.25, 0.3) is 0 Å². The van der Waals surface area contributed by atoms with Crippen molar-refractivity contribution in [1.29, 1.82) is 0 Å². The summed E-state index contributed by atoms with van der Waals surface area (Å²) in [5.74, 6) is 0. The normalized spacial score (nSPS) is 29.3. The highest BCUT2D eigenvalue weighted by molar-refractivity contribution is 4.99. The Morgan fingerprint density at radius 1 is 0.828 bits per heavy atom. The zero-order valence-corrected chi connectivity index (χ0v) is 20.1. The minimum absolute atomic E-state index is 0.0128. The van der Waals surface area contributed by atoms with E-state index in [4.69, 9.17) is 4.74 Å². The van der Waals surface area contributed by atoms with Gasteiger partial charge in [-0.25, -0.2) is 0 Å². The Kier molecular flexibility index (Phi) is 7.18. The number of aliphatic hydroxyl groups excluding tert-OH is 1. The van der Waals surface area contributed by atoms with Crippen LogP contribution in [0, 0.1) is 0 Å². The highest BCUT2D eigenvalue weighted by Crippen LogP contribution is 2.39. The molecule has 0 aromatic rings. The molecule has 7 nitrogen and oxygen atoms in total. The maximum absolute atomic E-state index is 10.6. The lowest BCUT2D eigenvalue weighted by Crippen LogP contribution is -2.63. The fourth-order valence-corrected chi connectivity index (χ4v) is 5.61. The van der Waals surface area contributed by atoms with Gasteiger partial charge in [0.15, 0.2) is 0 Å². The van der Waals surface area contributed by atoms with Gasteiger partial charge in [0.05, 0.1) is 18.8 Å². The topological polar surface area (TPSA) is 79.6 Å². The summed E-state index contributed by atoms with van der Waals surface area (Å²) in [6, 6.07) is 0.286. The minimum atomic E-state index is -0.572. The second-order valence-corrected chi connectivity index (χ2v) is 11.9. The summed E-state index contributed by atoms with van der Waals surface area (Å²) in [6.07, 6.45) is 2.58. The number of piperidine rings is 2. The lowest BCUT2D eigenvalue weighted by Gasteiger charge is -2.53. The molecule has 29 heavy (non-hydrogen) atoms. The van der Waals surface area contributed by atoms with Crippen molar-refractivity contribution < 1.29 is 20.3 Å². The van der Waals surface area contributed by atoms with Gasteiger partial charge in [-0.1, -0.05) is 0 Å². The Hall–Kier alpha value is -0.280. The monoisotopic (exact) mass is 415 g/mol. The van der Waals surface area contributed by atoms with E-state index in [0.717, 1.165) is 25.7 Å². The summed E-state index contributed by atoms with van der Waals surface area (Å²) < 4.78 is 6.09. The van der Waals surface area contributed by atoms with Gasteiger partial charge in [-0.3, -0.25) is 0 Å². The number of hydrogen-bond donors (Lipinski definition) is 3. The van der Waals surface area contributed by atoms with Crippen molar-refractivity contribution >= 4 is 0 Å². The fraction of sp³-hybridized carbons (Fsp3) is 1.00. The third kappa shape index (κ3) is 5.70. The van der Waals surface area contributed by atoms with Gasteiger partial charge in [0.2, 0.25) is 0 Å². The van der Waals surface area contributed by atoms with Crippen LogP contribution in [0.4, 0.5) is 0 Å². The molecule has 2 fully saturated rings. The van der Waals surface area contributed by atoms with E-state index in [9.17, 15) is 15.5 Å². The van der Waals surface area contributed by atoms with Gasteiger partial charge in [0.1, 0.15) is 0 Å². The summed E-state index contributed by atoms with van der Waals surface area (Å²) in [5, 5.41) is 34.5. The number of ether oxygens (including phenoxy) is 1. The second-order valence-electron chi connectivity index (χ2n) is 11.9. The second kappa shape index (κ2) is 8.34. The molecular weight excluding hydrogens is 370 g/mol. The molecule has 0 aromatic heterocycles. The van der Waals surface area contributed by atoms with Gasteiger partial charge < -0.3 is 25.2 Å². The van der Waals surface area contributed by atoms with Crippen molar-refractivity contribution in [2.45, 2.75) is 121 Å². The quantitative estimate of drug-likeness (QED) is 0.615. The highest BCUT2D eigenvalue weighted by Gasteiger charge is 2.47. The first-order valence-electron chi connectivity index (χ1n) is 11.0. The van der Waals surface area contributed by atoms with E-state index in [1.54, 1.807) is 0 Å². The molecule has 0 aliphatic carbocycles. The smallest absolute Gasteiger partial charge is 0.0900 e. The summed E-state index contributed by atoms with van der Waals surface area (Å²) in [6.45, 7) is 17.1. The Morgan fingerprint density at radius 2 is 1.21 bits per heavy atom. The van der Waals surface area contributed by atoms with Gasteiger partial charge >= 0.3 is 0 Å². The SMILES string of the molecule is CN(CC(O)COC1CC(C)(C)N(O)C(C)(C)C1)C1CC(C)(C)N(O)C(C)(C)C1. The van der Waals surface area contributed by atoms with Crippen LogP contribution >= 0.6 is 0 Å². The summed E-state index contributed by atoms with van der Waals surface area (Å²) >= 11 is 0. The predicted molar refractivity (Wildman–Crippen MR) is 114 cm³/mol. The highest BCUT2D eigenvalue weighted by atomic mass is 16.5. The van der Waals surface area contributed by atoms with E-state index < -0.39 is 6.10 Å². The molecule has 2 saturated heterocycles. The largest absolute Gasteiger partial charge is 0.389 e. The van der Waals surface area contributed by atoms with E-state index in [0.29, 0.717) is 6.54 Å². The first-order chi connectivity index (χ1) is 13.0. The van der Waals surface area contributed by atoms with Crippen LogP contribution in [0.3, 0.4) is 0 Å². The maximum atomic E-state index is 10.6. The zero-order valence-electron chi connectivity index (χ0n) is 20.1. The number of likely N-dealkylation sites (N-methyl/N-ethyl adjacent to an activating group) is 1. The molecule has 0 saturated carbocycles. The van der Waals surface area contributed by atoms with Crippen LogP contribution in [0.1, 0.15) is 81.1 Å². The van der Waals surface area contributed by atoms with Gasteiger partial charge in [-0.05, 0) is 88.1 Å². The third-order valence-corrected chi connectivity index (χ3v) is 6.86. The Balaban J connectivity index is 1.88. The van der Waals surface area contributed by atoms with Crippen molar-refractivity contribution in [1.82, 2.24) is 15.0 Å². The number of aliphatic hydroxyl groups is 1. The van der Waals surface area contributed by atoms with Gasteiger partial charge in [-0.15, -0.1) is 0 Å². The molecule has 7 heteroatoms. The molecule has 0 radical (unpaired) electrons. The van der Waals surface area contributed by atoms with Crippen LogP contribution in [-0.4, -0.2) is 91.2 Å².